The summed E-state index contributed by atoms with van der Waals surface area (Å²) in [6.45, 7) is 1.99. The van der Waals surface area contributed by atoms with Crippen molar-refractivity contribution in [1.29, 1.82) is 0 Å². The number of anilines is 1. The molecule has 2 unspecified atom stereocenters. The largest absolute Gasteiger partial charge is 0.477 e. The molecule has 1 aliphatic rings. The molecule has 0 bridgehead atoms. The molecule has 24 heavy (non-hydrogen) atoms. The number of carboxylic acid groups (broad SMARTS) is 1. The number of carbonyl (C=O) groups is 1. The van der Waals surface area contributed by atoms with Crippen molar-refractivity contribution in [2.75, 3.05) is 5.32 Å². The molecule has 2 aromatic rings. The number of rotatable bonds is 3. The zero-order valence-corrected chi connectivity index (χ0v) is 12.8. The molecule has 0 radical (unpaired) electrons. The van der Waals surface area contributed by atoms with Gasteiger partial charge in [0.15, 0.2) is 6.04 Å². The molecule has 2 N–H and O–H groups in total. The first-order valence-electron chi connectivity index (χ1n) is 7.54. The third-order valence-electron chi connectivity index (χ3n) is 4.26. The average Bonchev–Trinajstić information content (AvgIpc) is 2.97. The van der Waals surface area contributed by atoms with Gasteiger partial charge in [0.2, 0.25) is 0 Å². The topological polar surface area (TPSA) is 67.2 Å². The first-order valence-corrected chi connectivity index (χ1v) is 7.54. The Labute approximate surface area is 136 Å². The normalized spacial score (nSPS) is 20.3. The first-order chi connectivity index (χ1) is 11.3. The third-order valence-corrected chi connectivity index (χ3v) is 4.26. The average molecular weight is 339 g/mol. The summed E-state index contributed by atoms with van der Waals surface area (Å²) in [5.41, 5.74) is 1.50. The summed E-state index contributed by atoms with van der Waals surface area (Å²) < 4.78 is 40.9. The van der Waals surface area contributed by atoms with Crippen LogP contribution in [0.2, 0.25) is 0 Å². The minimum Gasteiger partial charge on any atom is -0.477 e. The number of benzene rings is 1. The first kappa shape index (κ1) is 16.4. The summed E-state index contributed by atoms with van der Waals surface area (Å²) in [4.78, 5) is 11.2. The minimum absolute atomic E-state index is 0.111. The van der Waals surface area contributed by atoms with Crippen LogP contribution in [0.4, 0.5) is 19.0 Å². The minimum atomic E-state index is -4.51. The summed E-state index contributed by atoms with van der Waals surface area (Å²) >= 11 is 0. The smallest absolute Gasteiger partial charge is 0.410 e. The van der Waals surface area contributed by atoms with Gasteiger partial charge in [-0.05, 0) is 17.5 Å². The lowest BCUT2D eigenvalue weighted by atomic mass is 9.95. The van der Waals surface area contributed by atoms with Gasteiger partial charge < -0.3 is 10.4 Å². The van der Waals surface area contributed by atoms with Crippen molar-refractivity contribution >= 4 is 11.8 Å². The highest BCUT2D eigenvalue weighted by atomic mass is 19.4. The molecule has 0 spiro atoms. The zero-order chi connectivity index (χ0) is 17.5. The Bertz CT molecular complexity index is 753. The van der Waals surface area contributed by atoms with Crippen LogP contribution in [0.15, 0.2) is 30.5 Å². The molecule has 2 heterocycles. The highest BCUT2D eigenvalue weighted by Gasteiger charge is 2.47. The number of nitrogens with zero attached hydrogens (tertiary/aromatic N) is 2. The van der Waals surface area contributed by atoms with Gasteiger partial charge in [0.1, 0.15) is 11.4 Å². The Balaban J connectivity index is 2.02. The van der Waals surface area contributed by atoms with E-state index >= 15 is 0 Å². The number of nitrogens with one attached hydrogen (secondary N) is 1. The SMILES string of the molecule is CCc1ccc(C2CC(C(F)(F)F)n3ncc(C(=O)O)c3N2)cc1. The maximum Gasteiger partial charge on any atom is 0.410 e. The molecule has 8 heteroatoms. The number of alkyl halides is 3. The number of aromatic nitrogens is 2. The van der Waals surface area contributed by atoms with Gasteiger partial charge in [0.05, 0.1) is 12.2 Å². The lowest BCUT2D eigenvalue weighted by molar-refractivity contribution is -0.173. The Morgan fingerprint density at radius 2 is 2.04 bits per heavy atom. The van der Waals surface area contributed by atoms with E-state index in [1.807, 2.05) is 19.1 Å². The maximum absolute atomic E-state index is 13.4. The predicted octanol–water partition coefficient (Wildman–Crippen LogP) is 3.80. The van der Waals surface area contributed by atoms with E-state index < -0.39 is 24.2 Å². The molecule has 0 saturated heterocycles. The van der Waals surface area contributed by atoms with Crippen molar-refractivity contribution in [3.63, 3.8) is 0 Å². The van der Waals surface area contributed by atoms with Crippen LogP contribution in [0.1, 0.15) is 46.9 Å². The molecule has 2 atom stereocenters. The van der Waals surface area contributed by atoms with Gasteiger partial charge >= 0.3 is 12.1 Å². The van der Waals surface area contributed by atoms with E-state index in [4.69, 9.17) is 5.11 Å². The molecule has 5 nitrogen and oxygen atoms in total. The van der Waals surface area contributed by atoms with Crippen molar-refractivity contribution in [3.8, 4) is 0 Å². The summed E-state index contributed by atoms with van der Waals surface area (Å²) in [5, 5.41) is 15.7. The highest BCUT2D eigenvalue weighted by Crippen LogP contribution is 2.44. The summed E-state index contributed by atoms with van der Waals surface area (Å²) in [7, 11) is 0. The lowest BCUT2D eigenvalue weighted by Gasteiger charge is -2.33. The number of hydrogen-bond acceptors (Lipinski definition) is 3. The number of aryl methyl sites for hydroxylation is 1. The van der Waals surface area contributed by atoms with Gasteiger partial charge in [-0.15, -0.1) is 0 Å². The quantitative estimate of drug-likeness (QED) is 0.892. The van der Waals surface area contributed by atoms with Crippen LogP contribution in [0, 0.1) is 0 Å². The van der Waals surface area contributed by atoms with Crippen molar-refractivity contribution in [2.45, 2.75) is 38.0 Å². The monoisotopic (exact) mass is 339 g/mol. The second kappa shape index (κ2) is 5.85. The molecule has 0 saturated carbocycles. The van der Waals surface area contributed by atoms with E-state index in [0.29, 0.717) is 5.56 Å². The Morgan fingerprint density at radius 3 is 2.58 bits per heavy atom. The van der Waals surface area contributed by atoms with E-state index in [0.717, 1.165) is 22.9 Å². The molecular formula is C16H16F3N3O2. The lowest BCUT2D eigenvalue weighted by Crippen LogP contribution is -2.36. The van der Waals surface area contributed by atoms with Gasteiger partial charge in [0, 0.05) is 6.42 Å². The second-order valence-electron chi connectivity index (χ2n) is 5.74. The van der Waals surface area contributed by atoms with Crippen molar-refractivity contribution in [1.82, 2.24) is 9.78 Å². The van der Waals surface area contributed by atoms with Gasteiger partial charge in [-0.1, -0.05) is 31.2 Å². The molecule has 0 amide bonds. The van der Waals surface area contributed by atoms with Crippen LogP contribution in [0.5, 0.6) is 0 Å². The fourth-order valence-electron chi connectivity index (χ4n) is 2.92. The van der Waals surface area contributed by atoms with E-state index in [1.165, 1.54) is 0 Å². The number of hydrogen-bond donors (Lipinski definition) is 2. The molecule has 128 valence electrons. The predicted molar refractivity (Wildman–Crippen MR) is 81.1 cm³/mol. The molecule has 3 rings (SSSR count). The summed E-state index contributed by atoms with van der Waals surface area (Å²) in [5.74, 6) is -1.42. The van der Waals surface area contributed by atoms with E-state index in [1.54, 1.807) is 12.1 Å². The van der Waals surface area contributed by atoms with Crippen LogP contribution < -0.4 is 5.32 Å². The zero-order valence-electron chi connectivity index (χ0n) is 12.8. The fraction of sp³-hybridized carbons (Fsp3) is 0.375. The molecule has 1 aromatic carbocycles. The third kappa shape index (κ3) is 2.83. The van der Waals surface area contributed by atoms with Crippen LogP contribution in [-0.2, 0) is 6.42 Å². The molecule has 1 aliphatic heterocycles. The Hall–Kier alpha value is -2.51. The summed E-state index contributed by atoms with van der Waals surface area (Å²) in [6, 6.07) is 4.78. The fourth-order valence-corrected chi connectivity index (χ4v) is 2.92. The standard InChI is InChI=1S/C16H16F3N3O2/c1-2-9-3-5-10(6-4-9)12-7-13(16(17,18)19)22-14(21-12)11(8-20-22)15(23)24/h3-6,8,12-13,21H,2,7H2,1H3,(H,23,24). The maximum atomic E-state index is 13.4. The van der Waals surface area contributed by atoms with Gasteiger partial charge in [-0.3, -0.25) is 0 Å². The Morgan fingerprint density at radius 1 is 1.38 bits per heavy atom. The highest BCUT2D eigenvalue weighted by molar-refractivity contribution is 5.93. The van der Waals surface area contributed by atoms with E-state index in [2.05, 4.69) is 10.4 Å². The van der Waals surface area contributed by atoms with Crippen LogP contribution in [-0.4, -0.2) is 27.0 Å². The van der Waals surface area contributed by atoms with E-state index in [9.17, 15) is 18.0 Å². The van der Waals surface area contributed by atoms with Crippen LogP contribution >= 0.6 is 0 Å². The second-order valence-corrected chi connectivity index (χ2v) is 5.74. The van der Waals surface area contributed by atoms with Gasteiger partial charge in [0.25, 0.3) is 0 Å². The van der Waals surface area contributed by atoms with Crippen molar-refractivity contribution in [2.24, 2.45) is 0 Å². The summed E-state index contributed by atoms with van der Waals surface area (Å²) in [6.07, 6.45) is -2.98. The van der Waals surface area contributed by atoms with Crippen LogP contribution in [0.3, 0.4) is 0 Å². The molecule has 0 aliphatic carbocycles. The van der Waals surface area contributed by atoms with Gasteiger partial charge in [-0.2, -0.15) is 18.3 Å². The molecular weight excluding hydrogens is 323 g/mol. The van der Waals surface area contributed by atoms with E-state index in [-0.39, 0.29) is 17.8 Å². The number of fused-ring (bicyclic) bond motifs is 1. The van der Waals surface area contributed by atoms with Crippen molar-refractivity contribution in [3.05, 3.63) is 47.2 Å². The van der Waals surface area contributed by atoms with Crippen LogP contribution in [0.25, 0.3) is 0 Å². The van der Waals surface area contributed by atoms with Crippen molar-refractivity contribution < 1.29 is 23.1 Å². The Kier molecular flexibility index (Phi) is 3.98. The number of carboxylic acids is 1. The van der Waals surface area contributed by atoms with Gasteiger partial charge in [-0.25, -0.2) is 9.48 Å². The number of halogens is 3. The molecule has 1 aromatic heterocycles. The molecule has 0 fully saturated rings. The number of aromatic carboxylic acids is 1.